The Balaban J connectivity index is 2.08. The third-order valence-corrected chi connectivity index (χ3v) is 3.88. The number of anilines is 1. The first-order valence-electron chi connectivity index (χ1n) is 8.25. The van der Waals surface area contributed by atoms with Crippen LogP contribution < -0.4 is 10.2 Å². The molecule has 2 rings (SSSR count). The lowest BCUT2D eigenvalue weighted by atomic mass is 10.1. The highest BCUT2D eigenvalue weighted by Crippen LogP contribution is 2.23. The number of rotatable bonds is 2. The number of piperazine rings is 1. The molecule has 2 heterocycles. The Labute approximate surface area is 147 Å². The van der Waals surface area contributed by atoms with Gasteiger partial charge in [0.15, 0.2) is 0 Å². The van der Waals surface area contributed by atoms with Gasteiger partial charge in [0, 0.05) is 32.7 Å². The molecule has 1 aliphatic rings. The molecule has 1 atom stereocenters. The number of aromatic nitrogens is 1. The van der Waals surface area contributed by atoms with Crippen molar-refractivity contribution in [2.75, 3.05) is 31.6 Å². The van der Waals surface area contributed by atoms with E-state index < -0.39 is 17.5 Å². The average Bonchev–Trinajstić information content (AvgIpc) is 2.52. The van der Waals surface area contributed by atoms with Gasteiger partial charge in [0.25, 0.3) is 5.91 Å². The Morgan fingerprint density at radius 1 is 1.32 bits per heavy atom. The summed E-state index contributed by atoms with van der Waals surface area (Å²) in [6, 6.07) is 2.90. The molecule has 8 heteroatoms. The van der Waals surface area contributed by atoms with Crippen molar-refractivity contribution < 1.29 is 18.7 Å². The van der Waals surface area contributed by atoms with Gasteiger partial charge in [-0.1, -0.05) is 0 Å². The first kappa shape index (κ1) is 19.0. The highest BCUT2D eigenvalue weighted by atomic mass is 19.1. The van der Waals surface area contributed by atoms with Gasteiger partial charge in [0.1, 0.15) is 11.3 Å². The lowest BCUT2D eigenvalue weighted by molar-refractivity contribution is 0.0158. The van der Waals surface area contributed by atoms with Crippen molar-refractivity contribution in [1.29, 1.82) is 0 Å². The fourth-order valence-corrected chi connectivity index (χ4v) is 2.69. The van der Waals surface area contributed by atoms with Gasteiger partial charge in [-0.15, -0.1) is 0 Å². The zero-order valence-electron chi connectivity index (χ0n) is 15.3. The van der Waals surface area contributed by atoms with Gasteiger partial charge < -0.3 is 19.9 Å². The Hall–Kier alpha value is -2.38. The summed E-state index contributed by atoms with van der Waals surface area (Å²) >= 11 is 0. The van der Waals surface area contributed by atoms with Crippen molar-refractivity contribution in [2.45, 2.75) is 39.3 Å². The maximum atomic E-state index is 14.3. The summed E-state index contributed by atoms with van der Waals surface area (Å²) < 4.78 is 19.7. The molecule has 0 bridgehead atoms. The van der Waals surface area contributed by atoms with Crippen LogP contribution in [0.1, 0.15) is 38.2 Å². The first-order chi connectivity index (χ1) is 11.6. The van der Waals surface area contributed by atoms with Crippen LogP contribution in [-0.2, 0) is 4.74 Å². The van der Waals surface area contributed by atoms with Crippen molar-refractivity contribution in [3.8, 4) is 0 Å². The van der Waals surface area contributed by atoms with Crippen LogP contribution >= 0.6 is 0 Å². The topological polar surface area (TPSA) is 74.8 Å². The standard InChI is InChI=1S/C17H25FN4O3/c1-11-10-21(8-9-22(11)16(24)25-17(2,3)4)13-7-6-12(15(23)19-5)20-14(13)18/h6-7,11H,8-10H2,1-5H3,(H,19,23)/t11-/m0/s1. The third-order valence-electron chi connectivity index (χ3n) is 3.88. The average molecular weight is 352 g/mol. The molecule has 7 nitrogen and oxygen atoms in total. The molecule has 1 fully saturated rings. The Bertz CT molecular complexity index is 660. The van der Waals surface area contributed by atoms with Gasteiger partial charge in [-0.25, -0.2) is 9.78 Å². The molecular weight excluding hydrogens is 327 g/mol. The van der Waals surface area contributed by atoms with Gasteiger partial charge in [0.05, 0.1) is 5.69 Å². The SMILES string of the molecule is CNC(=O)c1ccc(N2CCN(C(=O)OC(C)(C)C)[C@@H](C)C2)c(F)n1. The number of amides is 2. The van der Waals surface area contributed by atoms with Gasteiger partial charge >= 0.3 is 6.09 Å². The van der Waals surface area contributed by atoms with Crippen LogP contribution in [0.25, 0.3) is 0 Å². The van der Waals surface area contributed by atoms with E-state index in [2.05, 4.69) is 10.3 Å². The maximum absolute atomic E-state index is 14.3. The largest absolute Gasteiger partial charge is 0.444 e. The molecule has 0 aliphatic carbocycles. The third kappa shape index (κ3) is 4.58. The van der Waals surface area contributed by atoms with E-state index in [0.29, 0.717) is 25.3 Å². The van der Waals surface area contributed by atoms with E-state index >= 15 is 0 Å². The molecule has 0 radical (unpaired) electrons. The molecular formula is C17H25FN4O3. The van der Waals surface area contributed by atoms with Crippen LogP contribution in [-0.4, -0.2) is 60.2 Å². The predicted octanol–water partition coefficient (Wildman–Crippen LogP) is 2.03. The summed E-state index contributed by atoms with van der Waals surface area (Å²) in [5, 5.41) is 2.41. The van der Waals surface area contributed by atoms with Gasteiger partial charge in [-0.3, -0.25) is 4.79 Å². The summed E-state index contributed by atoms with van der Waals surface area (Å²) in [6.45, 7) is 8.69. The van der Waals surface area contributed by atoms with Crippen LogP contribution in [0.2, 0.25) is 0 Å². The highest BCUT2D eigenvalue weighted by molar-refractivity contribution is 5.92. The predicted molar refractivity (Wildman–Crippen MR) is 92.2 cm³/mol. The van der Waals surface area contributed by atoms with Crippen LogP contribution in [0.4, 0.5) is 14.9 Å². The number of ether oxygens (including phenoxy) is 1. The Kier molecular flexibility index (Phi) is 5.49. The number of carbonyl (C=O) groups excluding carboxylic acids is 2. The lowest BCUT2D eigenvalue weighted by Gasteiger charge is -2.41. The fourth-order valence-electron chi connectivity index (χ4n) is 2.69. The van der Waals surface area contributed by atoms with Crippen LogP contribution in [0.15, 0.2) is 12.1 Å². The molecule has 1 aromatic heterocycles. The zero-order valence-corrected chi connectivity index (χ0v) is 15.3. The number of hydrogen-bond donors (Lipinski definition) is 1. The van der Waals surface area contributed by atoms with Gasteiger partial charge in [0.2, 0.25) is 5.95 Å². The quantitative estimate of drug-likeness (QED) is 0.825. The number of pyridine rings is 1. The van der Waals surface area contributed by atoms with Gasteiger partial charge in [-0.2, -0.15) is 4.39 Å². The second kappa shape index (κ2) is 7.25. The molecule has 25 heavy (non-hydrogen) atoms. The van der Waals surface area contributed by atoms with Gasteiger partial charge in [-0.05, 0) is 39.8 Å². The molecule has 0 unspecified atom stereocenters. The van der Waals surface area contributed by atoms with Crippen molar-refractivity contribution in [2.24, 2.45) is 0 Å². The lowest BCUT2D eigenvalue weighted by Crippen LogP contribution is -2.55. The second-order valence-electron chi connectivity index (χ2n) is 7.05. The molecule has 0 aromatic carbocycles. The molecule has 0 saturated carbocycles. The van der Waals surface area contributed by atoms with Crippen molar-refractivity contribution in [3.63, 3.8) is 0 Å². The van der Waals surface area contributed by atoms with E-state index in [0.717, 1.165) is 0 Å². The summed E-state index contributed by atoms with van der Waals surface area (Å²) in [5.41, 5.74) is -0.202. The number of halogens is 1. The Morgan fingerprint density at radius 3 is 2.52 bits per heavy atom. The smallest absolute Gasteiger partial charge is 0.410 e. The minimum Gasteiger partial charge on any atom is -0.444 e. The van der Waals surface area contributed by atoms with Crippen molar-refractivity contribution in [3.05, 3.63) is 23.8 Å². The van der Waals surface area contributed by atoms with E-state index in [1.807, 2.05) is 32.6 Å². The van der Waals surface area contributed by atoms with Crippen molar-refractivity contribution >= 4 is 17.7 Å². The highest BCUT2D eigenvalue weighted by Gasteiger charge is 2.32. The minimum absolute atomic E-state index is 0.0317. The summed E-state index contributed by atoms with van der Waals surface area (Å²) in [6.07, 6.45) is -0.367. The van der Waals surface area contributed by atoms with E-state index in [9.17, 15) is 14.0 Å². The number of carbonyl (C=O) groups is 2. The molecule has 0 spiro atoms. The van der Waals surface area contributed by atoms with E-state index in [1.165, 1.54) is 13.1 Å². The fraction of sp³-hybridized carbons (Fsp3) is 0.588. The van der Waals surface area contributed by atoms with E-state index in [1.54, 1.807) is 11.0 Å². The van der Waals surface area contributed by atoms with Crippen LogP contribution in [0, 0.1) is 5.95 Å². The summed E-state index contributed by atoms with van der Waals surface area (Å²) in [4.78, 5) is 31.0. The molecule has 2 amide bonds. The number of hydrogen-bond acceptors (Lipinski definition) is 5. The molecule has 1 N–H and O–H groups in total. The van der Waals surface area contributed by atoms with E-state index in [-0.39, 0.29) is 17.8 Å². The first-order valence-corrected chi connectivity index (χ1v) is 8.25. The van der Waals surface area contributed by atoms with E-state index in [4.69, 9.17) is 4.74 Å². The summed E-state index contributed by atoms with van der Waals surface area (Å²) in [5.74, 6) is -1.13. The monoisotopic (exact) mass is 352 g/mol. The number of nitrogens with one attached hydrogen (secondary N) is 1. The maximum Gasteiger partial charge on any atom is 0.410 e. The number of nitrogens with zero attached hydrogens (tertiary/aromatic N) is 3. The molecule has 138 valence electrons. The van der Waals surface area contributed by atoms with Crippen LogP contribution in [0.3, 0.4) is 0 Å². The zero-order chi connectivity index (χ0) is 18.8. The summed E-state index contributed by atoms with van der Waals surface area (Å²) in [7, 11) is 1.47. The Morgan fingerprint density at radius 2 is 2.00 bits per heavy atom. The normalized spacial score (nSPS) is 18.1. The molecule has 1 aromatic rings. The van der Waals surface area contributed by atoms with Crippen molar-refractivity contribution in [1.82, 2.24) is 15.2 Å². The second-order valence-corrected chi connectivity index (χ2v) is 7.05. The van der Waals surface area contributed by atoms with Crippen LogP contribution in [0.5, 0.6) is 0 Å². The molecule has 1 saturated heterocycles. The minimum atomic E-state index is -0.695. The molecule has 1 aliphatic heterocycles.